The fourth-order valence-electron chi connectivity index (χ4n) is 1.91. The molecule has 0 aliphatic rings. The Bertz CT molecular complexity index is 824. The summed E-state index contributed by atoms with van der Waals surface area (Å²) >= 11 is 0. The van der Waals surface area contributed by atoms with Crippen molar-refractivity contribution >= 4 is 16.9 Å². The fourth-order valence-corrected chi connectivity index (χ4v) is 1.91. The second-order valence-corrected chi connectivity index (χ2v) is 4.46. The zero-order valence-corrected chi connectivity index (χ0v) is 11.1. The topological polar surface area (TPSA) is 157 Å². The lowest BCUT2D eigenvalue weighted by molar-refractivity contribution is 0.0245. The molecular weight excluding hydrogens is 294 g/mol. The number of hydrogen-bond donors (Lipinski definition) is 3. The molecule has 2 aromatic rings. The van der Waals surface area contributed by atoms with Crippen molar-refractivity contribution < 1.29 is 24.5 Å². The summed E-state index contributed by atoms with van der Waals surface area (Å²) in [5.74, 6) is -1.86. The largest absolute Gasteiger partial charge is 0.475 e. The monoisotopic (exact) mass is 305 g/mol. The van der Waals surface area contributed by atoms with Gasteiger partial charge in [-0.25, -0.2) is 4.79 Å². The lowest BCUT2D eigenvalue weighted by atomic mass is 10.0. The second kappa shape index (κ2) is 6.27. The van der Waals surface area contributed by atoms with Crippen LogP contribution in [0.4, 0.5) is 0 Å². The first-order valence-corrected chi connectivity index (χ1v) is 6.12. The summed E-state index contributed by atoms with van der Waals surface area (Å²) in [5, 5.41) is 31.7. The summed E-state index contributed by atoms with van der Waals surface area (Å²) in [6, 6.07) is 4.82. The van der Waals surface area contributed by atoms with Gasteiger partial charge in [-0.15, -0.1) is 0 Å². The molecule has 0 aliphatic heterocycles. The number of aliphatic hydroxyl groups excluding tert-OH is 2. The minimum Gasteiger partial charge on any atom is -0.475 e. The highest BCUT2D eigenvalue weighted by atomic mass is 16.4. The molecule has 1 heterocycles. The number of benzene rings is 1. The Morgan fingerprint density at radius 2 is 2.09 bits per heavy atom. The summed E-state index contributed by atoms with van der Waals surface area (Å²) in [6.07, 6.45) is -2.70. The van der Waals surface area contributed by atoms with Gasteiger partial charge in [0.2, 0.25) is 5.76 Å². The van der Waals surface area contributed by atoms with Crippen molar-refractivity contribution in [2.45, 2.75) is 12.2 Å². The summed E-state index contributed by atoms with van der Waals surface area (Å²) in [7, 11) is 0. The predicted molar refractivity (Wildman–Crippen MR) is 74.4 cm³/mol. The van der Waals surface area contributed by atoms with Gasteiger partial charge in [0.05, 0.1) is 18.0 Å². The molecule has 0 radical (unpaired) electrons. The van der Waals surface area contributed by atoms with Gasteiger partial charge in [0.1, 0.15) is 11.7 Å². The zero-order chi connectivity index (χ0) is 16.3. The van der Waals surface area contributed by atoms with E-state index in [1.807, 2.05) is 0 Å². The van der Waals surface area contributed by atoms with Crippen molar-refractivity contribution in [1.82, 2.24) is 0 Å². The predicted octanol–water partition coefficient (Wildman–Crippen LogP) is 1.20. The first kappa shape index (κ1) is 15.5. The Labute approximate surface area is 122 Å². The van der Waals surface area contributed by atoms with Gasteiger partial charge in [-0.2, -0.15) is 0 Å². The van der Waals surface area contributed by atoms with Gasteiger partial charge in [0.15, 0.2) is 5.43 Å². The number of carbonyl (C=O) groups is 1. The van der Waals surface area contributed by atoms with Crippen molar-refractivity contribution in [2.75, 3.05) is 6.54 Å². The molecule has 22 heavy (non-hydrogen) atoms. The third-order valence-electron chi connectivity index (χ3n) is 3.00. The quantitative estimate of drug-likeness (QED) is 0.428. The number of rotatable bonds is 5. The van der Waals surface area contributed by atoms with Gasteiger partial charge >= 0.3 is 5.97 Å². The normalized spacial score (nSPS) is 13.4. The van der Waals surface area contributed by atoms with Crippen molar-refractivity contribution in [3.63, 3.8) is 0 Å². The summed E-state index contributed by atoms with van der Waals surface area (Å²) in [6.45, 7) is -0.331. The first-order chi connectivity index (χ1) is 10.4. The molecule has 0 fully saturated rings. The SMILES string of the molecule is [N-]=[N+]=NCC(O)C(O)c1ccc2oc(C(=O)O)cc(=O)c2c1. The molecule has 114 valence electrons. The third kappa shape index (κ3) is 3.07. The number of fused-ring (bicyclic) bond motifs is 1. The molecule has 9 heteroatoms. The van der Waals surface area contributed by atoms with E-state index in [1.165, 1.54) is 18.2 Å². The third-order valence-corrected chi connectivity index (χ3v) is 3.00. The van der Waals surface area contributed by atoms with Crippen LogP contribution in [0.5, 0.6) is 0 Å². The van der Waals surface area contributed by atoms with Gasteiger partial charge in [-0.1, -0.05) is 11.2 Å². The summed E-state index contributed by atoms with van der Waals surface area (Å²) < 4.78 is 5.05. The number of aliphatic hydroxyl groups is 2. The van der Waals surface area contributed by atoms with Crippen LogP contribution in [0.25, 0.3) is 21.4 Å². The molecule has 0 bridgehead atoms. The Balaban J connectivity index is 2.44. The van der Waals surface area contributed by atoms with Crippen LogP contribution in [-0.4, -0.2) is 33.9 Å². The minimum absolute atomic E-state index is 0.0467. The van der Waals surface area contributed by atoms with Gasteiger partial charge in [0.25, 0.3) is 0 Å². The van der Waals surface area contributed by atoms with E-state index in [0.29, 0.717) is 0 Å². The molecule has 2 rings (SSSR count). The maximum absolute atomic E-state index is 11.9. The zero-order valence-electron chi connectivity index (χ0n) is 11.1. The van der Waals surface area contributed by atoms with Crippen LogP contribution >= 0.6 is 0 Å². The van der Waals surface area contributed by atoms with Crippen molar-refractivity contribution in [3.05, 3.63) is 56.3 Å². The van der Waals surface area contributed by atoms with Crippen LogP contribution in [0.1, 0.15) is 22.2 Å². The van der Waals surface area contributed by atoms with E-state index < -0.39 is 29.4 Å². The van der Waals surface area contributed by atoms with Crippen LogP contribution in [-0.2, 0) is 0 Å². The first-order valence-electron chi connectivity index (χ1n) is 6.12. The number of nitrogens with zero attached hydrogens (tertiary/aromatic N) is 3. The van der Waals surface area contributed by atoms with Crippen molar-refractivity contribution in [2.24, 2.45) is 5.11 Å². The molecule has 0 amide bonds. The highest BCUT2D eigenvalue weighted by Crippen LogP contribution is 2.22. The maximum Gasteiger partial charge on any atom is 0.371 e. The molecule has 2 unspecified atom stereocenters. The van der Waals surface area contributed by atoms with E-state index >= 15 is 0 Å². The Morgan fingerprint density at radius 1 is 1.36 bits per heavy atom. The highest BCUT2D eigenvalue weighted by Gasteiger charge is 2.19. The smallest absolute Gasteiger partial charge is 0.371 e. The van der Waals surface area contributed by atoms with E-state index in [2.05, 4.69) is 10.0 Å². The lowest BCUT2D eigenvalue weighted by Gasteiger charge is -2.16. The molecule has 0 aliphatic carbocycles. The number of aromatic carboxylic acids is 1. The van der Waals surface area contributed by atoms with Crippen LogP contribution in [0.2, 0.25) is 0 Å². The van der Waals surface area contributed by atoms with Gasteiger partial charge < -0.3 is 19.7 Å². The van der Waals surface area contributed by atoms with Crippen LogP contribution in [0.15, 0.2) is 38.6 Å². The Morgan fingerprint density at radius 3 is 2.73 bits per heavy atom. The number of azide groups is 1. The lowest BCUT2D eigenvalue weighted by Crippen LogP contribution is -2.21. The Hall–Kier alpha value is -2.87. The highest BCUT2D eigenvalue weighted by molar-refractivity contribution is 5.87. The number of carboxylic acids is 1. The molecule has 3 N–H and O–H groups in total. The average Bonchev–Trinajstić information content (AvgIpc) is 2.51. The fraction of sp³-hybridized carbons (Fsp3) is 0.231. The van der Waals surface area contributed by atoms with E-state index in [0.717, 1.165) is 6.07 Å². The van der Waals surface area contributed by atoms with Crippen LogP contribution < -0.4 is 5.43 Å². The van der Waals surface area contributed by atoms with Crippen molar-refractivity contribution in [3.8, 4) is 0 Å². The van der Waals surface area contributed by atoms with E-state index in [-0.39, 0.29) is 23.1 Å². The van der Waals surface area contributed by atoms with E-state index in [4.69, 9.17) is 15.1 Å². The average molecular weight is 305 g/mol. The molecule has 9 nitrogen and oxygen atoms in total. The molecule has 0 saturated heterocycles. The van der Waals surface area contributed by atoms with Crippen LogP contribution in [0, 0.1) is 0 Å². The number of carboxylic acid groups (broad SMARTS) is 1. The van der Waals surface area contributed by atoms with Gasteiger partial charge in [-0.05, 0) is 23.2 Å². The molecule has 0 saturated carbocycles. The molecule has 0 spiro atoms. The molecule has 1 aromatic carbocycles. The van der Waals surface area contributed by atoms with E-state index in [9.17, 15) is 19.8 Å². The van der Waals surface area contributed by atoms with Crippen LogP contribution in [0.3, 0.4) is 0 Å². The summed E-state index contributed by atoms with van der Waals surface area (Å²) in [5.41, 5.74) is 7.85. The number of hydrogen-bond acceptors (Lipinski definition) is 6. The van der Waals surface area contributed by atoms with Gasteiger partial charge in [-0.3, -0.25) is 4.79 Å². The minimum atomic E-state index is -1.37. The summed E-state index contributed by atoms with van der Waals surface area (Å²) in [4.78, 5) is 25.2. The molecular formula is C13H11N3O6. The second-order valence-electron chi connectivity index (χ2n) is 4.46. The Kier molecular flexibility index (Phi) is 4.42. The van der Waals surface area contributed by atoms with Gasteiger partial charge in [0, 0.05) is 11.0 Å². The van der Waals surface area contributed by atoms with E-state index in [1.54, 1.807) is 0 Å². The van der Waals surface area contributed by atoms with Crippen molar-refractivity contribution in [1.29, 1.82) is 0 Å². The standard InChI is InChI=1S/C13H11N3O6/c14-16-15-5-9(18)12(19)6-1-2-10-7(3-6)8(17)4-11(22-10)13(20)21/h1-4,9,12,18-19H,5H2,(H,20,21). The molecule has 1 aromatic heterocycles. The molecule has 2 atom stereocenters. The maximum atomic E-state index is 11.9.